The van der Waals surface area contributed by atoms with Gasteiger partial charge in [0.25, 0.3) is 0 Å². The molecule has 6 nitrogen and oxygen atoms in total. The lowest BCUT2D eigenvalue weighted by Crippen LogP contribution is -2.22. The van der Waals surface area contributed by atoms with Crippen molar-refractivity contribution in [3.63, 3.8) is 0 Å². The van der Waals surface area contributed by atoms with Gasteiger partial charge < -0.3 is 19.4 Å². The molecule has 154 valence electrons. The summed E-state index contributed by atoms with van der Waals surface area (Å²) in [6, 6.07) is 14.9. The van der Waals surface area contributed by atoms with Crippen molar-refractivity contribution < 1.29 is 24.2 Å². The first-order valence-corrected chi connectivity index (χ1v) is 10.3. The van der Waals surface area contributed by atoms with E-state index in [9.17, 15) is 19.8 Å². The van der Waals surface area contributed by atoms with Gasteiger partial charge in [0.05, 0.1) is 12.0 Å². The second-order valence-electron chi connectivity index (χ2n) is 7.32. The molecule has 2 N–H and O–H groups in total. The topological polar surface area (TPSA) is 97.0 Å². The number of benzene rings is 3. The molecule has 1 aliphatic rings. The fourth-order valence-corrected chi connectivity index (χ4v) is 4.22. The highest BCUT2D eigenvalue weighted by atomic mass is 79.9. The lowest BCUT2D eigenvalue weighted by atomic mass is 9.85. The maximum absolute atomic E-state index is 13.3. The zero-order valence-corrected chi connectivity index (χ0v) is 17.5. The monoisotopic (exact) mass is 478 g/mol. The van der Waals surface area contributed by atoms with E-state index < -0.39 is 17.3 Å². The quantitative estimate of drug-likeness (QED) is 0.308. The third kappa shape index (κ3) is 3.27. The molecule has 0 unspecified atom stereocenters. The minimum absolute atomic E-state index is 0.0179. The Kier molecular flexibility index (Phi) is 4.55. The first-order chi connectivity index (χ1) is 14.9. The number of fused-ring (bicyclic) bond motifs is 3. The molecule has 1 atom stereocenters. The van der Waals surface area contributed by atoms with Gasteiger partial charge in [-0.2, -0.15) is 0 Å². The van der Waals surface area contributed by atoms with E-state index in [1.54, 1.807) is 12.1 Å². The third-order valence-electron chi connectivity index (χ3n) is 5.42. The molecule has 0 aliphatic carbocycles. The number of aromatic hydroxyl groups is 2. The van der Waals surface area contributed by atoms with Crippen molar-refractivity contribution in [3.8, 4) is 28.4 Å². The lowest BCUT2D eigenvalue weighted by Gasteiger charge is -2.26. The Morgan fingerprint density at radius 2 is 1.68 bits per heavy atom. The molecule has 0 spiro atoms. The molecule has 0 amide bonds. The number of phenols is 2. The van der Waals surface area contributed by atoms with Crippen molar-refractivity contribution in [2.75, 3.05) is 0 Å². The van der Waals surface area contributed by atoms with Gasteiger partial charge in [-0.3, -0.25) is 9.59 Å². The van der Waals surface area contributed by atoms with E-state index in [1.165, 1.54) is 24.5 Å². The Balaban J connectivity index is 1.77. The van der Waals surface area contributed by atoms with Gasteiger partial charge in [0.2, 0.25) is 5.43 Å². The number of rotatable bonds is 2. The fourth-order valence-electron chi connectivity index (χ4n) is 3.95. The van der Waals surface area contributed by atoms with Crippen molar-refractivity contribution in [1.82, 2.24) is 0 Å². The Morgan fingerprint density at radius 3 is 2.39 bits per heavy atom. The molecule has 31 heavy (non-hydrogen) atoms. The van der Waals surface area contributed by atoms with E-state index in [1.807, 2.05) is 24.3 Å². The van der Waals surface area contributed by atoms with Crippen LogP contribution >= 0.6 is 15.9 Å². The van der Waals surface area contributed by atoms with Crippen LogP contribution in [-0.2, 0) is 4.79 Å². The summed E-state index contributed by atoms with van der Waals surface area (Å²) in [4.78, 5) is 25.5. The molecule has 7 heteroatoms. The summed E-state index contributed by atoms with van der Waals surface area (Å²) in [7, 11) is 0. The Bertz CT molecular complexity index is 1390. The number of carbonyl (C=O) groups excluding carboxylic acids is 1. The van der Waals surface area contributed by atoms with E-state index in [4.69, 9.17) is 9.15 Å². The maximum atomic E-state index is 13.3. The standard InChI is InChI=1S/C24H15BrO6/c25-14-5-1-12(2-6-14)16-9-20(28)31-19-10-18(27)22-23(29)17(11-30-24(22)21(16)19)13-3-7-15(26)8-4-13/h1-8,10-11,16,26-27H,9H2/t16-/m1/s1. The number of hydrogen-bond acceptors (Lipinski definition) is 6. The van der Waals surface area contributed by atoms with E-state index >= 15 is 0 Å². The number of hydrogen-bond donors (Lipinski definition) is 2. The van der Waals surface area contributed by atoms with Crippen molar-refractivity contribution in [3.05, 3.63) is 86.7 Å². The van der Waals surface area contributed by atoms with Crippen LogP contribution in [0.1, 0.15) is 23.5 Å². The van der Waals surface area contributed by atoms with Crippen LogP contribution in [0, 0.1) is 0 Å². The average molecular weight is 479 g/mol. The number of ether oxygens (including phenoxy) is 1. The number of phenolic OH excluding ortho intramolecular Hbond substituents is 2. The summed E-state index contributed by atoms with van der Waals surface area (Å²) in [5, 5.41) is 20.1. The summed E-state index contributed by atoms with van der Waals surface area (Å²) in [6.07, 6.45) is 1.41. The highest BCUT2D eigenvalue weighted by Crippen LogP contribution is 2.45. The Hall–Kier alpha value is -3.58. The fraction of sp³-hybridized carbons (Fsp3) is 0.0833. The van der Waals surface area contributed by atoms with Gasteiger partial charge in [-0.25, -0.2) is 0 Å². The van der Waals surface area contributed by atoms with Crippen LogP contribution < -0.4 is 10.2 Å². The molecule has 0 saturated heterocycles. The SMILES string of the molecule is O=C1C[C@H](c2ccc(Br)cc2)c2c(cc(O)c3c(=O)c(-c4ccc(O)cc4)coc23)O1. The van der Waals surface area contributed by atoms with Crippen molar-refractivity contribution in [2.24, 2.45) is 0 Å². The summed E-state index contributed by atoms with van der Waals surface area (Å²) < 4.78 is 12.1. The largest absolute Gasteiger partial charge is 0.508 e. The Labute approximate surface area is 184 Å². The highest BCUT2D eigenvalue weighted by molar-refractivity contribution is 9.10. The molecule has 2 heterocycles. The number of carbonyl (C=O) groups is 1. The van der Waals surface area contributed by atoms with Crippen molar-refractivity contribution >= 4 is 32.9 Å². The summed E-state index contributed by atoms with van der Waals surface area (Å²) >= 11 is 3.41. The highest BCUT2D eigenvalue weighted by Gasteiger charge is 2.33. The van der Waals surface area contributed by atoms with Crippen LogP contribution in [0.4, 0.5) is 0 Å². The zero-order chi connectivity index (χ0) is 21.7. The zero-order valence-electron chi connectivity index (χ0n) is 16.0. The maximum Gasteiger partial charge on any atom is 0.312 e. The molecule has 0 saturated carbocycles. The second kappa shape index (κ2) is 7.28. The minimum Gasteiger partial charge on any atom is -0.508 e. The molecule has 0 radical (unpaired) electrons. The molecular weight excluding hydrogens is 464 g/mol. The minimum atomic E-state index is -0.428. The summed E-state index contributed by atoms with van der Waals surface area (Å²) in [5.41, 5.74) is 1.96. The molecule has 0 fully saturated rings. The van der Waals surface area contributed by atoms with E-state index in [-0.39, 0.29) is 40.2 Å². The van der Waals surface area contributed by atoms with Crippen molar-refractivity contribution in [2.45, 2.75) is 12.3 Å². The molecule has 3 aromatic carbocycles. The number of halogens is 1. The number of esters is 1. The van der Waals surface area contributed by atoms with Crippen LogP contribution in [0.5, 0.6) is 17.2 Å². The molecule has 0 bridgehead atoms. The molecule has 1 aliphatic heterocycles. The van der Waals surface area contributed by atoms with Gasteiger partial charge >= 0.3 is 5.97 Å². The molecule has 1 aromatic heterocycles. The normalized spacial score (nSPS) is 15.5. The van der Waals surface area contributed by atoms with Crippen LogP contribution in [0.25, 0.3) is 22.1 Å². The average Bonchev–Trinajstić information content (AvgIpc) is 2.74. The molecular formula is C24H15BrO6. The van der Waals surface area contributed by atoms with Crippen molar-refractivity contribution in [1.29, 1.82) is 0 Å². The molecule has 5 rings (SSSR count). The lowest BCUT2D eigenvalue weighted by molar-refractivity contribution is -0.135. The van der Waals surface area contributed by atoms with Gasteiger partial charge in [-0.15, -0.1) is 0 Å². The van der Waals surface area contributed by atoms with Gasteiger partial charge in [-0.05, 0) is 35.4 Å². The second-order valence-corrected chi connectivity index (χ2v) is 8.24. The first-order valence-electron chi connectivity index (χ1n) is 9.49. The van der Waals surface area contributed by atoms with Gasteiger partial charge in [0.1, 0.15) is 34.5 Å². The van der Waals surface area contributed by atoms with Crippen LogP contribution in [0.3, 0.4) is 0 Å². The molecule has 4 aromatic rings. The predicted octanol–water partition coefficient (Wildman–Crippen LogP) is 5.07. The predicted molar refractivity (Wildman–Crippen MR) is 117 cm³/mol. The van der Waals surface area contributed by atoms with Crippen LogP contribution in [0.2, 0.25) is 0 Å². The summed E-state index contributed by atoms with van der Waals surface area (Å²) in [5.74, 6) is -0.899. The van der Waals surface area contributed by atoms with E-state index in [0.717, 1.165) is 10.0 Å². The van der Waals surface area contributed by atoms with Gasteiger partial charge in [-0.1, -0.05) is 40.2 Å². The van der Waals surface area contributed by atoms with Gasteiger partial charge in [0.15, 0.2) is 0 Å². The van der Waals surface area contributed by atoms with E-state index in [2.05, 4.69) is 15.9 Å². The van der Waals surface area contributed by atoms with Crippen LogP contribution in [0.15, 0.2) is 74.5 Å². The smallest absolute Gasteiger partial charge is 0.312 e. The first kappa shape index (κ1) is 19.4. The summed E-state index contributed by atoms with van der Waals surface area (Å²) in [6.45, 7) is 0. The van der Waals surface area contributed by atoms with Crippen LogP contribution in [-0.4, -0.2) is 16.2 Å². The van der Waals surface area contributed by atoms with Gasteiger partial charge in [0, 0.05) is 22.0 Å². The third-order valence-corrected chi connectivity index (χ3v) is 5.95. The van der Waals surface area contributed by atoms with E-state index in [0.29, 0.717) is 11.1 Å². The Morgan fingerprint density at radius 1 is 0.968 bits per heavy atom.